The summed E-state index contributed by atoms with van der Waals surface area (Å²) in [7, 11) is 1.24. The van der Waals surface area contributed by atoms with Gasteiger partial charge in [-0.05, 0) is 48.4 Å². The summed E-state index contributed by atoms with van der Waals surface area (Å²) >= 11 is 6.71. The summed E-state index contributed by atoms with van der Waals surface area (Å²) in [5.41, 5.74) is -1.85. The number of benzene rings is 2. The maximum atomic E-state index is 14.1. The number of hydrogen-bond acceptors (Lipinski definition) is 7. The van der Waals surface area contributed by atoms with E-state index in [9.17, 15) is 27.6 Å². The molecule has 0 amide bonds. The Morgan fingerprint density at radius 2 is 1.76 bits per heavy atom. The van der Waals surface area contributed by atoms with Gasteiger partial charge in [0.1, 0.15) is 0 Å². The summed E-state index contributed by atoms with van der Waals surface area (Å²) in [6.45, 7) is 1.29. The molecule has 0 saturated heterocycles. The molecule has 0 aliphatic carbocycles. The highest BCUT2D eigenvalue weighted by molar-refractivity contribution is 7.07. The van der Waals surface area contributed by atoms with Gasteiger partial charge in [0, 0.05) is 5.02 Å². The summed E-state index contributed by atoms with van der Waals surface area (Å²) in [5, 5.41) is 0.323. The second-order valence-corrected chi connectivity index (χ2v) is 9.17. The van der Waals surface area contributed by atoms with Crippen LogP contribution in [0.4, 0.5) is 13.2 Å². The highest BCUT2D eigenvalue weighted by Crippen LogP contribution is 2.38. The number of esters is 2. The fourth-order valence-corrected chi connectivity index (χ4v) is 4.91. The quantitative estimate of drug-likeness (QED) is 0.451. The van der Waals surface area contributed by atoms with Crippen LogP contribution in [0.2, 0.25) is 5.02 Å². The van der Waals surface area contributed by atoms with Gasteiger partial charge in [-0.2, -0.15) is 13.2 Å². The molecular formula is C25H18ClF3N2O5S. The van der Waals surface area contributed by atoms with Crippen molar-refractivity contribution in [3.63, 3.8) is 0 Å². The number of nitrogens with zero attached hydrogens (tertiary/aromatic N) is 2. The Hall–Kier alpha value is -3.70. The molecule has 1 aliphatic rings. The molecule has 192 valence electrons. The molecule has 4 rings (SSSR count). The third kappa shape index (κ3) is 5.23. The van der Waals surface area contributed by atoms with Crippen LogP contribution in [-0.4, -0.2) is 36.4 Å². The van der Waals surface area contributed by atoms with Crippen molar-refractivity contribution >= 4 is 41.0 Å². The van der Waals surface area contributed by atoms with E-state index >= 15 is 0 Å². The second kappa shape index (κ2) is 10.3. The van der Waals surface area contributed by atoms with E-state index in [2.05, 4.69) is 9.73 Å². The van der Waals surface area contributed by atoms with E-state index in [0.717, 1.165) is 15.9 Å². The summed E-state index contributed by atoms with van der Waals surface area (Å²) in [4.78, 5) is 41.4. The summed E-state index contributed by atoms with van der Waals surface area (Å²) in [6, 6.07) is 10.4. The third-order valence-corrected chi connectivity index (χ3v) is 6.65. The number of rotatable bonds is 5. The maximum absolute atomic E-state index is 14.1. The van der Waals surface area contributed by atoms with E-state index in [1.807, 2.05) is 0 Å². The van der Waals surface area contributed by atoms with Crippen molar-refractivity contribution in [1.82, 2.24) is 4.57 Å². The molecule has 0 bridgehead atoms. The Labute approximate surface area is 216 Å². The molecule has 1 aromatic heterocycles. The molecule has 0 radical (unpaired) electrons. The van der Waals surface area contributed by atoms with Gasteiger partial charge in [0.15, 0.2) is 10.5 Å². The van der Waals surface area contributed by atoms with Crippen LogP contribution in [0, 0.1) is 0 Å². The lowest BCUT2D eigenvalue weighted by Gasteiger charge is -2.26. The van der Waals surface area contributed by atoms with Crippen molar-refractivity contribution in [1.29, 1.82) is 0 Å². The lowest BCUT2D eigenvalue weighted by Crippen LogP contribution is -2.41. The molecule has 3 aromatic rings. The van der Waals surface area contributed by atoms with Gasteiger partial charge in [-0.15, -0.1) is 0 Å². The van der Waals surface area contributed by atoms with Crippen molar-refractivity contribution in [2.75, 3.05) is 13.7 Å². The Bertz CT molecular complexity index is 1570. The zero-order chi connectivity index (χ0) is 26.9. The van der Waals surface area contributed by atoms with Gasteiger partial charge in [-0.1, -0.05) is 47.2 Å². The van der Waals surface area contributed by atoms with Crippen molar-refractivity contribution in [3.8, 4) is 0 Å². The molecule has 0 saturated carbocycles. The number of alkyl halides is 3. The number of thiazole rings is 1. The van der Waals surface area contributed by atoms with E-state index in [-0.39, 0.29) is 27.1 Å². The molecule has 0 spiro atoms. The molecule has 37 heavy (non-hydrogen) atoms. The van der Waals surface area contributed by atoms with Crippen LogP contribution >= 0.6 is 22.9 Å². The Balaban J connectivity index is 1.97. The average Bonchev–Trinajstić information content (AvgIpc) is 3.17. The van der Waals surface area contributed by atoms with E-state index in [1.54, 1.807) is 12.1 Å². The largest absolute Gasteiger partial charge is 0.465 e. The minimum absolute atomic E-state index is 0.0789. The molecule has 0 N–H and O–H groups in total. The number of carbonyl (C=O) groups is 2. The SMILES string of the molecule is CCOC(=O)C1=C(C(F)(F)F)N=c2s/c(=C\c3ccc(C(=O)OC)cc3)c(=O)n2[C@H]1c1ccc(Cl)cc1. The van der Waals surface area contributed by atoms with Crippen LogP contribution in [0.1, 0.15) is 34.5 Å². The van der Waals surface area contributed by atoms with Crippen LogP contribution in [-0.2, 0) is 14.3 Å². The number of ether oxygens (including phenoxy) is 2. The highest BCUT2D eigenvalue weighted by atomic mass is 35.5. The van der Waals surface area contributed by atoms with Crippen molar-refractivity contribution in [3.05, 3.63) is 101 Å². The van der Waals surface area contributed by atoms with Gasteiger partial charge >= 0.3 is 18.1 Å². The molecule has 7 nitrogen and oxygen atoms in total. The lowest BCUT2D eigenvalue weighted by molar-refractivity contribution is -0.140. The highest BCUT2D eigenvalue weighted by Gasteiger charge is 2.45. The first-order chi connectivity index (χ1) is 17.5. The van der Waals surface area contributed by atoms with Crippen molar-refractivity contribution in [2.24, 2.45) is 4.99 Å². The van der Waals surface area contributed by atoms with Crippen LogP contribution in [0.15, 0.2) is 69.6 Å². The molecule has 1 atom stereocenters. The zero-order valence-corrected chi connectivity index (χ0v) is 20.9. The Morgan fingerprint density at radius 1 is 1.11 bits per heavy atom. The molecular weight excluding hydrogens is 533 g/mol. The lowest BCUT2D eigenvalue weighted by atomic mass is 9.95. The summed E-state index contributed by atoms with van der Waals surface area (Å²) < 4.78 is 53.1. The molecule has 1 aliphatic heterocycles. The van der Waals surface area contributed by atoms with Crippen LogP contribution in [0.3, 0.4) is 0 Å². The number of carbonyl (C=O) groups excluding carboxylic acids is 2. The number of aromatic nitrogens is 1. The minimum Gasteiger partial charge on any atom is -0.465 e. The fourth-order valence-electron chi connectivity index (χ4n) is 3.79. The average molecular weight is 551 g/mol. The monoisotopic (exact) mass is 550 g/mol. The normalized spacial score (nSPS) is 15.7. The number of halogens is 4. The molecule has 0 fully saturated rings. The van der Waals surface area contributed by atoms with Gasteiger partial charge in [-0.3, -0.25) is 9.36 Å². The number of fused-ring (bicyclic) bond motifs is 1. The maximum Gasteiger partial charge on any atom is 0.434 e. The first kappa shape index (κ1) is 26.4. The van der Waals surface area contributed by atoms with Gasteiger partial charge in [-0.25, -0.2) is 14.6 Å². The first-order valence-electron chi connectivity index (χ1n) is 10.8. The van der Waals surface area contributed by atoms with Gasteiger partial charge in [0.2, 0.25) is 0 Å². The molecule has 12 heteroatoms. The van der Waals surface area contributed by atoms with Crippen LogP contribution in [0.25, 0.3) is 6.08 Å². The smallest absolute Gasteiger partial charge is 0.434 e. The Kier molecular flexibility index (Phi) is 7.37. The van der Waals surface area contributed by atoms with Gasteiger partial charge < -0.3 is 9.47 Å². The standard InChI is InChI=1S/C25H18ClF3N2O5S/c1-3-36-23(34)18-19(14-8-10-16(26)11-9-14)31-21(32)17(37-24(31)30-20(18)25(27,28)29)12-13-4-6-15(7-5-13)22(33)35-2/h4-12,19H,3H2,1-2H3/b17-12-/t19-/m0/s1. The minimum atomic E-state index is -4.99. The van der Waals surface area contributed by atoms with E-state index in [1.165, 1.54) is 56.5 Å². The molecule has 2 aromatic carbocycles. The summed E-state index contributed by atoms with van der Waals surface area (Å²) in [6.07, 6.45) is -3.53. The zero-order valence-electron chi connectivity index (χ0n) is 19.3. The number of methoxy groups -OCH3 is 1. The second-order valence-electron chi connectivity index (χ2n) is 7.73. The predicted molar refractivity (Wildman–Crippen MR) is 130 cm³/mol. The van der Waals surface area contributed by atoms with Crippen LogP contribution in [0.5, 0.6) is 0 Å². The van der Waals surface area contributed by atoms with Crippen molar-refractivity contribution in [2.45, 2.75) is 19.1 Å². The Morgan fingerprint density at radius 3 is 2.32 bits per heavy atom. The van der Waals surface area contributed by atoms with E-state index < -0.39 is 41.0 Å². The summed E-state index contributed by atoms with van der Waals surface area (Å²) in [5.74, 6) is -1.77. The predicted octanol–water partition coefficient (Wildman–Crippen LogP) is 3.78. The van der Waals surface area contributed by atoms with Crippen molar-refractivity contribution < 1.29 is 32.2 Å². The topological polar surface area (TPSA) is 87.0 Å². The third-order valence-electron chi connectivity index (χ3n) is 5.41. The van der Waals surface area contributed by atoms with Gasteiger partial charge in [0.25, 0.3) is 5.56 Å². The van der Waals surface area contributed by atoms with Crippen LogP contribution < -0.4 is 14.9 Å². The first-order valence-corrected chi connectivity index (χ1v) is 12.0. The van der Waals surface area contributed by atoms with E-state index in [0.29, 0.717) is 10.6 Å². The molecule has 0 unspecified atom stereocenters. The fraction of sp³-hybridized carbons (Fsp3) is 0.200. The molecule has 2 heterocycles. The van der Waals surface area contributed by atoms with E-state index in [4.69, 9.17) is 16.3 Å². The number of hydrogen-bond donors (Lipinski definition) is 0. The van der Waals surface area contributed by atoms with Gasteiger partial charge in [0.05, 0.1) is 35.4 Å². The number of allylic oxidation sites excluding steroid dienone is 1.